The highest BCUT2D eigenvalue weighted by Gasteiger charge is 2.43. The zero-order valence-electron chi connectivity index (χ0n) is 51.8. The number of para-hydroxylation sites is 2. The van der Waals surface area contributed by atoms with E-state index in [2.05, 4.69) is 342 Å². The van der Waals surface area contributed by atoms with Gasteiger partial charge in [0.1, 0.15) is 0 Å². The van der Waals surface area contributed by atoms with Crippen LogP contribution in [0.15, 0.2) is 287 Å². The van der Waals surface area contributed by atoms with Crippen molar-refractivity contribution in [3.8, 4) is 61.3 Å². The highest BCUT2D eigenvalue weighted by Crippen LogP contribution is 2.52. The van der Waals surface area contributed by atoms with Crippen molar-refractivity contribution in [2.24, 2.45) is 0 Å². The van der Waals surface area contributed by atoms with Gasteiger partial charge >= 0.3 is 6.85 Å². The molecule has 0 amide bonds. The highest BCUT2D eigenvalue weighted by atomic mass is 15.2. The number of hydrogen-bond donors (Lipinski definition) is 0. The van der Waals surface area contributed by atoms with Crippen molar-refractivity contribution in [3.63, 3.8) is 0 Å². The SMILES string of the molecule is C=C/C=C\N(C)B1c2ccc(-c3cccnc3)cc2N(c2c(-c3ccccc3)cccc2-c2ccccc2)c2cc(-n3c4ccc(C(C)(C)C)cc4c4cc(C(C)(C)C)ccc43)cc(N(c3c(-c4ccccc4)cccc3-c3ccccc3)C(C)C=C)c21. The summed E-state index contributed by atoms with van der Waals surface area (Å²) in [7, 11) is 2.22. The number of pyridine rings is 1. The second-order valence-corrected chi connectivity index (χ2v) is 25.4. The van der Waals surface area contributed by atoms with Gasteiger partial charge in [0.05, 0.1) is 28.1 Å². The van der Waals surface area contributed by atoms with Gasteiger partial charge < -0.3 is 19.2 Å². The first-order valence-corrected chi connectivity index (χ1v) is 30.7. The topological polar surface area (TPSA) is 27.5 Å². The summed E-state index contributed by atoms with van der Waals surface area (Å²) in [6.45, 7) is 24.8. The van der Waals surface area contributed by atoms with Crippen molar-refractivity contribution in [1.29, 1.82) is 0 Å². The molecule has 10 aromatic carbocycles. The maximum absolute atomic E-state index is 4.69. The highest BCUT2D eigenvalue weighted by molar-refractivity contribution is 6.87. The van der Waals surface area contributed by atoms with Crippen LogP contribution < -0.4 is 20.7 Å². The predicted octanol–water partition coefficient (Wildman–Crippen LogP) is 20.3. The van der Waals surface area contributed by atoms with Gasteiger partial charge in [0, 0.05) is 74.1 Å². The van der Waals surface area contributed by atoms with Crippen molar-refractivity contribution < 1.29 is 0 Å². The van der Waals surface area contributed by atoms with Gasteiger partial charge in [0.25, 0.3) is 0 Å². The Morgan fingerprint density at radius 3 is 1.48 bits per heavy atom. The molecule has 2 aromatic heterocycles. The van der Waals surface area contributed by atoms with Crippen molar-refractivity contribution in [2.45, 2.75) is 65.3 Å². The van der Waals surface area contributed by atoms with Crippen LogP contribution in [0.4, 0.5) is 28.4 Å². The summed E-state index contributed by atoms with van der Waals surface area (Å²) in [5.41, 5.74) is 24.3. The average molecular weight is 1140 g/mol. The summed E-state index contributed by atoms with van der Waals surface area (Å²) < 4.78 is 2.54. The molecule has 5 nitrogen and oxygen atoms in total. The molecular formula is C82H74BN5. The lowest BCUT2D eigenvalue weighted by atomic mass is 9.46. The maximum atomic E-state index is 4.69. The smallest absolute Gasteiger partial charge is 0.329 e. The lowest BCUT2D eigenvalue weighted by Crippen LogP contribution is -2.59. The molecule has 6 heteroatoms. The standard InChI is InChI=1S/C82H74BN5/c1-11-13-49-85(10)83-72-45-42-61(62-37-28-48-84-55-62)50-75(72)88(80-68(59-33-22-16-23-34-59)40-27-41-69(80)60-35-24-17-25-36-60)77-54-65(87-73-46-43-63(81(4,5)6)51-70(73)71-52-64(82(7,8)9)44-47-74(71)87)53-76(78(77)83)86(56(3)12-2)79-66(57-29-18-14-19-30-57)38-26-39-67(79)58-31-20-15-21-32-58/h11-56H,1-2H2,3-10H3/b49-13-. The molecule has 0 spiro atoms. The fourth-order valence-corrected chi connectivity index (χ4v) is 13.2. The molecule has 13 rings (SSSR count). The van der Waals surface area contributed by atoms with E-state index in [1.807, 2.05) is 24.5 Å². The minimum atomic E-state index is -0.348. The molecule has 0 fully saturated rings. The second kappa shape index (κ2) is 23.3. The van der Waals surface area contributed by atoms with Gasteiger partial charge in [-0.2, -0.15) is 0 Å². The van der Waals surface area contributed by atoms with Crippen LogP contribution in [-0.2, 0) is 10.8 Å². The molecule has 3 heterocycles. The molecule has 0 aliphatic carbocycles. The van der Waals surface area contributed by atoms with Crippen LogP contribution in [0.2, 0.25) is 0 Å². The molecule has 0 saturated carbocycles. The zero-order chi connectivity index (χ0) is 60.8. The molecule has 1 aliphatic heterocycles. The van der Waals surface area contributed by atoms with Gasteiger partial charge in [-0.15, -0.1) is 6.58 Å². The van der Waals surface area contributed by atoms with E-state index >= 15 is 0 Å². The first-order chi connectivity index (χ1) is 42.7. The molecule has 1 unspecified atom stereocenters. The van der Waals surface area contributed by atoms with Crippen LogP contribution in [0.1, 0.15) is 59.6 Å². The van der Waals surface area contributed by atoms with Gasteiger partial charge in [0.15, 0.2) is 0 Å². The van der Waals surface area contributed by atoms with Crippen molar-refractivity contribution in [1.82, 2.24) is 14.4 Å². The summed E-state index contributed by atoms with van der Waals surface area (Å²) in [6, 6.07) is 87.6. The van der Waals surface area contributed by atoms with E-state index in [1.54, 1.807) is 0 Å². The number of benzene rings is 10. The van der Waals surface area contributed by atoms with Crippen molar-refractivity contribution >= 4 is 68.0 Å². The van der Waals surface area contributed by atoms with E-state index in [1.165, 1.54) is 21.9 Å². The Hall–Kier alpha value is -10.2. The molecule has 430 valence electrons. The van der Waals surface area contributed by atoms with Crippen LogP contribution in [0.5, 0.6) is 0 Å². The number of anilines is 5. The Morgan fingerprint density at radius 1 is 0.500 bits per heavy atom. The van der Waals surface area contributed by atoms with Crippen LogP contribution in [-0.4, -0.2) is 34.3 Å². The van der Waals surface area contributed by atoms with Gasteiger partial charge in [0.2, 0.25) is 0 Å². The van der Waals surface area contributed by atoms with Crippen LogP contribution in [0.25, 0.3) is 83.1 Å². The minimum absolute atomic E-state index is 0.0839. The molecule has 1 aliphatic rings. The fourth-order valence-electron chi connectivity index (χ4n) is 13.2. The predicted molar refractivity (Wildman–Crippen MR) is 378 cm³/mol. The van der Waals surface area contributed by atoms with Crippen molar-refractivity contribution in [2.75, 3.05) is 16.8 Å². The average Bonchev–Trinajstić information content (AvgIpc) is 0.984. The lowest BCUT2D eigenvalue weighted by Gasteiger charge is -2.44. The molecular weight excluding hydrogens is 1070 g/mol. The lowest BCUT2D eigenvalue weighted by molar-refractivity contribution is 0.590. The molecule has 0 radical (unpaired) electrons. The minimum Gasteiger partial charge on any atom is -0.415 e. The Bertz CT molecular complexity index is 4410. The molecule has 0 N–H and O–H groups in total. The van der Waals surface area contributed by atoms with E-state index in [9.17, 15) is 0 Å². The van der Waals surface area contributed by atoms with E-state index < -0.39 is 0 Å². The molecule has 0 saturated heterocycles. The summed E-state index contributed by atoms with van der Waals surface area (Å²) in [6.07, 6.45) is 12.1. The Balaban J connectivity index is 1.27. The van der Waals surface area contributed by atoms with E-state index in [0.717, 1.165) is 112 Å². The summed E-state index contributed by atoms with van der Waals surface area (Å²) in [5.74, 6) is 0. The third-order valence-electron chi connectivity index (χ3n) is 17.7. The Morgan fingerprint density at radius 2 is 1.00 bits per heavy atom. The quantitative estimate of drug-likeness (QED) is 0.0616. The number of hydrogen-bond acceptors (Lipinski definition) is 4. The third kappa shape index (κ3) is 10.3. The largest absolute Gasteiger partial charge is 0.415 e. The number of aromatic nitrogens is 2. The number of allylic oxidation sites excluding steroid dienone is 2. The van der Waals surface area contributed by atoms with Gasteiger partial charge in [-0.05, 0) is 135 Å². The van der Waals surface area contributed by atoms with Gasteiger partial charge in [-0.25, -0.2) is 0 Å². The van der Waals surface area contributed by atoms with E-state index in [0.29, 0.717) is 0 Å². The van der Waals surface area contributed by atoms with Crippen LogP contribution >= 0.6 is 0 Å². The van der Waals surface area contributed by atoms with Gasteiger partial charge in [-0.1, -0.05) is 248 Å². The fraction of sp³-hybridized carbons (Fsp3) is 0.134. The van der Waals surface area contributed by atoms with E-state index in [4.69, 9.17) is 0 Å². The first-order valence-electron chi connectivity index (χ1n) is 30.7. The Kier molecular flexibility index (Phi) is 15.0. The van der Waals surface area contributed by atoms with Gasteiger partial charge in [-0.3, -0.25) is 4.98 Å². The summed E-state index contributed by atoms with van der Waals surface area (Å²) >= 11 is 0. The molecule has 12 aromatic rings. The Labute approximate surface area is 520 Å². The first kappa shape index (κ1) is 56.9. The molecule has 0 bridgehead atoms. The van der Waals surface area contributed by atoms with E-state index in [-0.39, 0.29) is 23.7 Å². The second-order valence-electron chi connectivity index (χ2n) is 25.4. The number of nitrogens with zero attached hydrogens (tertiary/aromatic N) is 5. The van der Waals surface area contributed by atoms with Crippen molar-refractivity contribution in [3.05, 3.63) is 298 Å². The molecule has 88 heavy (non-hydrogen) atoms. The maximum Gasteiger partial charge on any atom is 0.329 e. The van der Waals surface area contributed by atoms with Crippen LogP contribution in [0, 0.1) is 0 Å². The molecule has 1 atom stereocenters. The summed E-state index contributed by atoms with van der Waals surface area (Å²) in [5, 5.41) is 2.45. The third-order valence-corrected chi connectivity index (χ3v) is 17.7. The normalized spacial score (nSPS) is 12.7. The number of fused-ring (bicyclic) bond motifs is 5. The number of rotatable bonds is 14. The monoisotopic (exact) mass is 1140 g/mol. The summed E-state index contributed by atoms with van der Waals surface area (Å²) in [4.78, 5) is 12.3. The zero-order valence-corrected chi connectivity index (χ0v) is 51.8. The van der Waals surface area contributed by atoms with Crippen LogP contribution in [0.3, 0.4) is 0 Å².